The summed E-state index contributed by atoms with van der Waals surface area (Å²) in [6, 6.07) is 5.03. The molecule has 0 amide bonds. The highest BCUT2D eigenvalue weighted by Crippen LogP contribution is 2.23. The fourth-order valence-electron chi connectivity index (χ4n) is 1.00. The minimum atomic E-state index is -0.0724. The van der Waals surface area contributed by atoms with Crippen LogP contribution in [0.5, 0.6) is 0 Å². The Kier molecular flexibility index (Phi) is 2.56. The van der Waals surface area contributed by atoms with Crippen LogP contribution in [0.3, 0.4) is 0 Å². The number of rotatable bonds is 2. The van der Waals surface area contributed by atoms with Gasteiger partial charge in [0.1, 0.15) is 0 Å². The lowest BCUT2D eigenvalue weighted by Gasteiger charge is -1.94. The highest BCUT2D eigenvalue weighted by Gasteiger charge is 2.11. The predicted molar refractivity (Wildman–Crippen MR) is 54.8 cm³/mol. The van der Waals surface area contributed by atoms with Gasteiger partial charge in [0.2, 0.25) is 5.78 Å². The van der Waals surface area contributed by atoms with Gasteiger partial charge in [-0.15, -0.1) is 11.3 Å². The summed E-state index contributed by atoms with van der Waals surface area (Å²) in [4.78, 5) is 12.4. The van der Waals surface area contributed by atoms with Gasteiger partial charge in [-0.25, -0.2) is 0 Å². The Morgan fingerprint density at radius 3 is 2.71 bits per heavy atom. The number of hydrogen-bond donors (Lipinski definition) is 0. The minimum Gasteiger partial charge on any atom is -0.288 e. The minimum absolute atomic E-state index is 0.0724. The summed E-state index contributed by atoms with van der Waals surface area (Å²) >= 11 is 6.99. The van der Waals surface area contributed by atoms with E-state index in [1.807, 2.05) is 0 Å². The molecule has 0 radical (unpaired) electrons. The molecule has 0 fully saturated rings. The van der Waals surface area contributed by atoms with Crippen LogP contribution in [0.15, 0.2) is 30.6 Å². The molecule has 0 unspecified atom stereocenters. The van der Waals surface area contributed by atoms with Gasteiger partial charge in [0.15, 0.2) is 0 Å². The van der Waals surface area contributed by atoms with E-state index < -0.39 is 0 Å². The van der Waals surface area contributed by atoms with E-state index in [9.17, 15) is 4.79 Å². The Balaban J connectivity index is 2.34. The summed E-state index contributed by atoms with van der Waals surface area (Å²) in [5, 5.41) is 7.24. The van der Waals surface area contributed by atoms with Crippen molar-refractivity contribution in [3.63, 3.8) is 0 Å². The van der Waals surface area contributed by atoms with Crippen molar-refractivity contribution in [2.75, 3.05) is 0 Å². The molecule has 0 aliphatic heterocycles. The zero-order chi connectivity index (χ0) is 9.97. The highest BCUT2D eigenvalue weighted by atomic mass is 35.5. The van der Waals surface area contributed by atoms with Crippen molar-refractivity contribution in [1.82, 2.24) is 10.2 Å². The van der Waals surface area contributed by atoms with Gasteiger partial charge in [0.25, 0.3) is 0 Å². The van der Waals surface area contributed by atoms with Crippen LogP contribution < -0.4 is 0 Å². The van der Waals surface area contributed by atoms with Gasteiger partial charge >= 0.3 is 0 Å². The number of hydrogen-bond acceptors (Lipinski definition) is 4. The standard InChI is InChI=1S/C9H5ClN2OS/c10-8-2-1-7(14-8)9(13)6-3-4-11-12-5-6/h1-5H. The first-order chi connectivity index (χ1) is 6.77. The van der Waals surface area contributed by atoms with E-state index in [1.165, 1.54) is 23.7 Å². The van der Waals surface area contributed by atoms with Gasteiger partial charge in [-0.3, -0.25) is 4.79 Å². The van der Waals surface area contributed by atoms with Crippen LogP contribution in [-0.4, -0.2) is 16.0 Å². The smallest absolute Gasteiger partial charge is 0.204 e. The van der Waals surface area contributed by atoms with Crippen molar-refractivity contribution in [2.24, 2.45) is 0 Å². The second-order valence-corrected chi connectivity index (χ2v) is 4.28. The Bertz CT molecular complexity index is 455. The van der Waals surface area contributed by atoms with Crippen molar-refractivity contribution in [2.45, 2.75) is 0 Å². The maximum atomic E-state index is 11.7. The third kappa shape index (κ3) is 1.81. The summed E-state index contributed by atoms with van der Waals surface area (Å²) in [5.41, 5.74) is 0.526. The van der Waals surface area contributed by atoms with E-state index >= 15 is 0 Å². The molecule has 2 aromatic heterocycles. The molecule has 0 spiro atoms. The van der Waals surface area contributed by atoms with E-state index in [1.54, 1.807) is 18.2 Å². The van der Waals surface area contributed by atoms with Gasteiger partial charge in [-0.1, -0.05) is 11.6 Å². The summed E-state index contributed by atoms with van der Waals surface area (Å²) in [6.07, 6.45) is 2.93. The van der Waals surface area contributed by atoms with Crippen LogP contribution in [0.25, 0.3) is 0 Å². The molecule has 2 rings (SSSR count). The first-order valence-electron chi connectivity index (χ1n) is 3.84. The lowest BCUT2D eigenvalue weighted by Crippen LogP contribution is -1.99. The van der Waals surface area contributed by atoms with E-state index in [2.05, 4.69) is 10.2 Å². The number of carbonyl (C=O) groups excluding carboxylic acids is 1. The van der Waals surface area contributed by atoms with Gasteiger partial charge < -0.3 is 0 Å². The Hall–Kier alpha value is -1.26. The Labute approximate surface area is 89.4 Å². The van der Waals surface area contributed by atoms with E-state index in [-0.39, 0.29) is 5.78 Å². The topological polar surface area (TPSA) is 42.9 Å². The van der Waals surface area contributed by atoms with Crippen LogP contribution in [0.4, 0.5) is 0 Å². The van der Waals surface area contributed by atoms with Crippen molar-refractivity contribution in [1.29, 1.82) is 0 Å². The number of carbonyl (C=O) groups is 1. The highest BCUT2D eigenvalue weighted by molar-refractivity contribution is 7.18. The number of thiophene rings is 1. The molecule has 5 heteroatoms. The molecule has 0 bridgehead atoms. The molecule has 0 saturated heterocycles. The van der Waals surface area contributed by atoms with Crippen LogP contribution in [-0.2, 0) is 0 Å². The fraction of sp³-hybridized carbons (Fsp3) is 0. The van der Waals surface area contributed by atoms with E-state index in [4.69, 9.17) is 11.6 Å². The number of halogens is 1. The molecule has 3 nitrogen and oxygen atoms in total. The lowest BCUT2D eigenvalue weighted by atomic mass is 10.2. The van der Waals surface area contributed by atoms with Crippen molar-refractivity contribution >= 4 is 28.7 Å². The average molecular weight is 225 g/mol. The first-order valence-corrected chi connectivity index (χ1v) is 5.03. The fourth-order valence-corrected chi connectivity index (χ4v) is 2.01. The molecular formula is C9H5ClN2OS. The van der Waals surface area contributed by atoms with Crippen molar-refractivity contribution in [3.05, 3.63) is 45.4 Å². The molecule has 0 saturated carbocycles. The largest absolute Gasteiger partial charge is 0.288 e. The van der Waals surface area contributed by atoms with Crippen LogP contribution in [0.2, 0.25) is 4.34 Å². The third-order valence-electron chi connectivity index (χ3n) is 1.64. The normalized spacial score (nSPS) is 10.1. The maximum Gasteiger partial charge on any atom is 0.204 e. The lowest BCUT2D eigenvalue weighted by molar-refractivity contribution is 0.104. The summed E-state index contributed by atoms with van der Waals surface area (Å²) in [5.74, 6) is -0.0724. The van der Waals surface area contributed by atoms with E-state index in [0.29, 0.717) is 14.8 Å². The quantitative estimate of drug-likeness (QED) is 0.736. The van der Waals surface area contributed by atoms with Gasteiger partial charge in [0, 0.05) is 5.56 Å². The van der Waals surface area contributed by atoms with E-state index in [0.717, 1.165) is 0 Å². The zero-order valence-corrected chi connectivity index (χ0v) is 8.55. The molecule has 2 aromatic rings. The summed E-state index contributed by atoms with van der Waals surface area (Å²) in [6.45, 7) is 0. The molecule has 0 N–H and O–H groups in total. The SMILES string of the molecule is O=C(c1ccnnc1)c1ccc(Cl)s1. The van der Waals surface area contributed by atoms with Crippen LogP contribution in [0, 0.1) is 0 Å². The monoisotopic (exact) mass is 224 g/mol. The number of nitrogens with zero attached hydrogens (tertiary/aromatic N) is 2. The molecule has 2 heterocycles. The van der Waals surface area contributed by atoms with Gasteiger partial charge in [0.05, 0.1) is 21.6 Å². The zero-order valence-electron chi connectivity index (χ0n) is 6.98. The molecule has 0 aromatic carbocycles. The molecule has 14 heavy (non-hydrogen) atoms. The van der Waals surface area contributed by atoms with Crippen LogP contribution >= 0.6 is 22.9 Å². The maximum absolute atomic E-state index is 11.7. The first kappa shape index (κ1) is 9.30. The average Bonchev–Trinajstić information content (AvgIpc) is 2.65. The van der Waals surface area contributed by atoms with Gasteiger partial charge in [-0.2, -0.15) is 10.2 Å². The molecule has 0 aliphatic carbocycles. The second kappa shape index (κ2) is 3.86. The molecule has 0 aliphatic rings. The number of aromatic nitrogens is 2. The molecule has 0 atom stereocenters. The van der Waals surface area contributed by atoms with Crippen molar-refractivity contribution < 1.29 is 4.79 Å². The predicted octanol–water partition coefficient (Wildman–Crippen LogP) is 2.42. The van der Waals surface area contributed by atoms with Gasteiger partial charge in [-0.05, 0) is 18.2 Å². The second-order valence-electron chi connectivity index (χ2n) is 2.56. The van der Waals surface area contributed by atoms with Crippen LogP contribution in [0.1, 0.15) is 15.2 Å². The third-order valence-corrected chi connectivity index (χ3v) is 2.87. The summed E-state index contributed by atoms with van der Waals surface area (Å²) < 4.78 is 0.607. The number of ketones is 1. The summed E-state index contributed by atoms with van der Waals surface area (Å²) in [7, 11) is 0. The molecule has 70 valence electrons. The van der Waals surface area contributed by atoms with Crippen molar-refractivity contribution in [3.8, 4) is 0 Å². The Morgan fingerprint density at radius 2 is 2.14 bits per heavy atom. The Morgan fingerprint density at radius 1 is 1.29 bits per heavy atom. The molecular weight excluding hydrogens is 220 g/mol.